The lowest BCUT2D eigenvalue weighted by molar-refractivity contribution is -0.137. The molecule has 0 saturated heterocycles. The van der Waals surface area contributed by atoms with E-state index in [1.54, 1.807) is 6.92 Å². The van der Waals surface area contributed by atoms with E-state index in [4.69, 9.17) is 5.73 Å². The molecule has 1 fully saturated rings. The summed E-state index contributed by atoms with van der Waals surface area (Å²) < 4.78 is 24.8. The van der Waals surface area contributed by atoms with Crippen LogP contribution in [0.1, 0.15) is 19.8 Å². The smallest absolute Gasteiger partial charge is 0.248 e. The van der Waals surface area contributed by atoms with Crippen molar-refractivity contribution in [2.75, 3.05) is 6.54 Å². The maximum absolute atomic E-state index is 12.4. The van der Waals surface area contributed by atoms with E-state index in [0.29, 0.717) is 6.54 Å². The van der Waals surface area contributed by atoms with Crippen LogP contribution in [0.2, 0.25) is 0 Å². The van der Waals surface area contributed by atoms with Crippen LogP contribution in [-0.4, -0.2) is 24.4 Å². The molecule has 0 spiro atoms. The number of hydrogen-bond donors (Lipinski definition) is 2. The molecule has 0 aromatic heterocycles. The third-order valence-corrected chi connectivity index (χ3v) is 2.28. The van der Waals surface area contributed by atoms with E-state index in [2.05, 4.69) is 5.32 Å². The third-order valence-electron chi connectivity index (χ3n) is 2.28. The number of nitrogens with two attached hydrogens (primary N) is 1. The fraction of sp³-hybridized carbons (Fsp3) is 0.875. The summed E-state index contributed by atoms with van der Waals surface area (Å²) in [6.07, 6.45) is -0.517. The molecule has 0 aliphatic heterocycles. The Hall–Kier alpha value is -0.710. The van der Waals surface area contributed by atoms with Gasteiger partial charge in [-0.25, -0.2) is 8.78 Å². The van der Waals surface area contributed by atoms with Crippen LogP contribution in [0.5, 0.6) is 0 Å². The minimum atomic E-state index is -2.60. The Kier molecular flexibility index (Phi) is 2.85. The van der Waals surface area contributed by atoms with Crippen molar-refractivity contribution in [2.45, 2.75) is 31.7 Å². The molecule has 0 unspecified atom stereocenters. The normalized spacial score (nSPS) is 23.4. The lowest BCUT2D eigenvalue weighted by Gasteiger charge is -2.37. The monoisotopic (exact) mass is 192 g/mol. The molecule has 1 atom stereocenters. The zero-order valence-corrected chi connectivity index (χ0v) is 7.52. The van der Waals surface area contributed by atoms with E-state index in [1.165, 1.54) is 0 Å². The number of carbonyl (C=O) groups is 1. The highest BCUT2D eigenvalue weighted by Crippen LogP contribution is 2.43. The van der Waals surface area contributed by atoms with E-state index in [9.17, 15) is 13.6 Å². The molecule has 0 aromatic rings. The minimum absolute atomic E-state index is 0.259. The number of carbonyl (C=O) groups excluding carboxylic acids is 1. The summed E-state index contributed by atoms with van der Waals surface area (Å²) in [5.74, 6) is -3.29. The number of alkyl halides is 2. The van der Waals surface area contributed by atoms with Gasteiger partial charge in [-0.3, -0.25) is 4.79 Å². The Bertz CT molecular complexity index is 200. The van der Waals surface area contributed by atoms with Gasteiger partial charge in [0.2, 0.25) is 11.8 Å². The van der Waals surface area contributed by atoms with Crippen LogP contribution in [-0.2, 0) is 4.79 Å². The van der Waals surface area contributed by atoms with Gasteiger partial charge in [-0.1, -0.05) is 0 Å². The number of likely N-dealkylation sites (N-methyl/N-ethyl adjacent to an activating group) is 1. The van der Waals surface area contributed by atoms with Gasteiger partial charge in [-0.15, -0.1) is 0 Å². The molecule has 0 aromatic carbocycles. The van der Waals surface area contributed by atoms with Gasteiger partial charge in [0, 0.05) is 19.4 Å². The van der Waals surface area contributed by atoms with Gasteiger partial charge in [0.05, 0.1) is 6.04 Å². The Morgan fingerprint density at radius 2 is 2.23 bits per heavy atom. The summed E-state index contributed by atoms with van der Waals surface area (Å²) in [4.78, 5) is 11.1. The standard InChI is InChI=1S/C8H14F2N2O/c1-2-12-7(13)6(11)5-3-8(9,10)4-5/h5-6H,2-4,11H2,1H3,(H,12,13)/t6-/m1/s1. The summed E-state index contributed by atoms with van der Waals surface area (Å²) in [5.41, 5.74) is 5.48. The average molecular weight is 192 g/mol. The molecule has 76 valence electrons. The van der Waals surface area contributed by atoms with Gasteiger partial charge in [0.1, 0.15) is 0 Å². The second-order valence-corrected chi connectivity index (χ2v) is 3.44. The Morgan fingerprint density at radius 1 is 1.69 bits per heavy atom. The molecule has 3 nitrogen and oxygen atoms in total. The van der Waals surface area contributed by atoms with Gasteiger partial charge in [0.15, 0.2) is 0 Å². The predicted octanol–water partition coefficient (Wildman–Crippen LogP) is 0.495. The number of halogens is 2. The van der Waals surface area contributed by atoms with Gasteiger partial charge >= 0.3 is 0 Å². The molecule has 1 amide bonds. The Labute approximate surface area is 75.7 Å². The molecule has 1 rings (SSSR count). The van der Waals surface area contributed by atoms with E-state index < -0.39 is 12.0 Å². The molecular formula is C8H14F2N2O. The second-order valence-electron chi connectivity index (χ2n) is 3.44. The summed E-state index contributed by atoms with van der Waals surface area (Å²) in [5, 5.41) is 2.51. The Morgan fingerprint density at radius 3 is 2.62 bits per heavy atom. The minimum Gasteiger partial charge on any atom is -0.355 e. The highest BCUT2D eigenvalue weighted by Gasteiger charge is 2.49. The molecule has 5 heteroatoms. The van der Waals surface area contributed by atoms with Crippen LogP contribution in [0, 0.1) is 5.92 Å². The summed E-state index contributed by atoms with van der Waals surface area (Å²) in [7, 11) is 0. The highest BCUT2D eigenvalue weighted by molar-refractivity contribution is 5.81. The van der Waals surface area contributed by atoms with E-state index in [0.717, 1.165) is 0 Å². The van der Waals surface area contributed by atoms with Gasteiger partial charge in [0.25, 0.3) is 0 Å². The second kappa shape index (κ2) is 3.57. The first-order chi connectivity index (χ1) is 5.96. The topological polar surface area (TPSA) is 55.1 Å². The molecule has 1 saturated carbocycles. The van der Waals surface area contributed by atoms with Crippen molar-refractivity contribution in [2.24, 2.45) is 11.7 Å². The largest absolute Gasteiger partial charge is 0.355 e. The molecule has 1 aliphatic rings. The molecule has 3 N–H and O–H groups in total. The zero-order chi connectivity index (χ0) is 10.1. The maximum atomic E-state index is 12.4. The number of nitrogens with one attached hydrogen (secondary N) is 1. The first kappa shape index (κ1) is 10.4. The van der Waals surface area contributed by atoms with E-state index in [1.807, 2.05) is 0 Å². The predicted molar refractivity (Wildman–Crippen MR) is 44.3 cm³/mol. The van der Waals surface area contributed by atoms with Crippen molar-refractivity contribution in [3.05, 3.63) is 0 Å². The van der Waals surface area contributed by atoms with Crippen LogP contribution in [0.15, 0.2) is 0 Å². The molecule has 0 bridgehead atoms. The molecule has 0 heterocycles. The van der Waals surface area contributed by atoms with E-state index in [-0.39, 0.29) is 24.7 Å². The van der Waals surface area contributed by atoms with Crippen molar-refractivity contribution >= 4 is 5.91 Å². The van der Waals surface area contributed by atoms with Gasteiger partial charge in [-0.05, 0) is 12.8 Å². The van der Waals surface area contributed by atoms with Crippen LogP contribution in [0.3, 0.4) is 0 Å². The van der Waals surface area contributed by atoms with Crippen LogP contribution in [0.4, 0.5) is 8.78 Å². The molecule has 13 heavy (non-hydrogen) atoms. The lowest BCUT2D eigenvalue weighted by Crippen LogP contribution is -2.52. The quantitative estimate of drug-likeness (QED) is 0.684. The first-order valence-electron chi connectivity index (χ1n) is 4.37. The fourth-order valence-electron chi connectivity index (χ4n) is 1.47. The van der Waals surface area contributed by atoms with Crippen LogP contribution >= 0.6 is 0 Å². The molecule has 1 aliphatic carbocycles. The number of amides is 1. The average Bonchev–Trinajstić information content (AvgIpc) is 1.99. The Balaban J connectivity index is 2.34. The summed E-state index contributed by atoms with van der Waals surface area (Å²) >= 11 is 0. The van der Waals surface area contributed by atoms with Crippen molar-refractivity contribution < 1.29 is 13.6 Å². The molecular weight excluding hydrogens is 178 g/mol. The maximum Gasteiger partial charge on any atom is 0.248 e. The fourth-order valence-corrected chi connectivity index (χ4v) is 1.47. The van der Waals surface area contributed by atoms with Gasteiger partial charge < -0.3 is 11.1 Å². The number of rotatable bonds is 3. The van der Waals surface area contributed by atoms with Crippen molar-refractivity contribution in [3.63, 3.8) is 0 Å². The molecule has 0 radical (unpaired) electrons. The summed E-state index contributed by atoms with van der Waals surface area (Å²) in [6, 6.07) is -0.778. The van der Waals surface area contributed by atoms with Crippen LogP contribution < -0.4 is 11.1 Å². The lowest BCUT2D eigenvalue weighted by atomic mass is 9.76. The third kappa shape index (κ3) is 2.37. The van der Waals surface area contributed by atoms with Crippen molar-refractivity contribution in [1.29, 1.82) is 0 Å². The van der Waals surface area contributed by atoms with Crippen molar-refractivity contribution in [3.8, 4) is 0 Å². The first-order valence-corrected chi connectivity index (χ1v) is 4.37. The number of hydrogen-bond acceptors (Lipinski definition) is 2. The van der Waals surface area contributed by atoms with E-state index >= 15 is 0 Å². The van der Waals surface area contributed by atoms with Crippen LogP contribution in [0.25, 0.3) is 0 Å². The van der Waals surface area contributed by atoms with Crippen molar-refractivity contribution in [1.82, 2.24) is 5.32 Å². The summed E-state index contributed by atoms with van der Waals surface area (Å²) in [6.45, 7) is 2.25. The van der Waals surface area contributed by atoms with Gasteiger partial charge in [-0.2, -0.15) is 0 Å². The highest BCUT2D eigenvalue weighted by atomic mass is 19.3. The zero-order valence-electron chi connectivity index (χ0n) is 7.52. The SMILES string of the molecule is CCNC(=O)[C@H](N)C1CC(F)(F)C1.